The smallest absolute Gasteiger partial charge is 0.219 e. The zero-order valence-corrected chi connectivity index (χ0v) is 16.8. The normalized spacial score (nSPS) is 13.1. The molecule has 29 heavy (non-hydrogen) atoms. The molecule has 8 heteroatoms. The monoisotopic (exact) mass is 389 g/mol. The third-order valence-corrected chi connectivity index (χ3v) is 5.37. The number of nitrogens with zero attached hydrogens (tertiary/aromatic N) is 7. The molecule has 0 bridgehead atoms. The molecule has 1 aliphatic heterocycles. The van der Waals surface area contributed by atoms with Crippen LogP contribution in [-0.4, -0.2) is 43.5 Å². The van der Waals surface area contributed by atoms with Crippen molar-refractivity contribution in [3.8, 4) is 17.2 Å². The maximum Gasteiger partial charge on any atom is 0.219 e. The predicted octanol–water partition coefficient (Wildman–Crippen LogP) is 2.39. The molecule has 148 valence electrons. The second-order valence-corrected chi connectivity index (χ2v) is 7.26. The largest absolute Gasteiger partial charge is 0.338 e. The van der Waals surface area contributed by atoms with Gasteiger partial charge in [0, 0.05) is 62.7 Å². The number of aryl methyl sites for hydroxylation is 2. The van der Waals surface area contributed by atoms with Crippen LogP contribution in [0.5, 0.6) is 0 Å². The van der Waals surface area contributed by atoms with E-state index in [0.717, 1.165) is 40.3 Å². The molecule has 0 radical (unpaired) electrons. The Hall–Kier alpha value is -3.60. The minimum atomic E-state index is 0.0538. The van der Waals surface area contributed by atoms with Gasteiger partial charge in [-0.2, -0.15) is 15.5 Å². The van der Waals surface area contributed by atoms with Crippen LogP contribution >= 0.6 is 0 Å². The highest BCUT2D eigenvalue weighted by Crippen LogP contribution is 2.33. The molecular formula is C21H23N7O. The Kier molecular flexibility index (Phi) is 4.80. The Morgan fingerprint density at radius 2 is 2.00 bits per heavy atom. The van der Waals surface area contributed by atoms with Crippen molar-refractivity contribution in [2.75, 3.05) is 18.0 Å². The maximum atomic E-state index is 11.9. The lowest BCUT2D eigenvalue weighted by Gasteiger charge is -2.28. The van der Waals surface area contributed by atoms with Crippen molar-refractivity contribution < 1.29 is 4.79 Å². The van der Waals surface area contributed by atoms with Crippen LogP contribution < -0.4 is 4.90 Å². The van der Waals surface area contributed by atoms with Crippen molar-refractivity contribution in [1.29, 1.82) is 5.26 Å². The van der Waals surface area contributed by atoms with E-state index in [1.54, 1.807) is 11.6 Å². The van der Waals surface area contributed by atoms with Crippen LogP contribution in [0.2, 0.25) is 0 Å². The van der Waals surface area contributed by atoms with Crippen molar-refractivity contribution in [3.63, 3.8) is 0 Å². The minimum Gasteiger partial charge on any atom is -0.338 e. The van der Waals surface area contributed by atoms with Gasteiger partial charge in [0.15, 0.2) is 5.82 Å². The van der Waals surface area contributed by atoms with Crippen LogP contribution in [0.1, 0.15) is 18.2 Å². The van der Waals surface area contributed by atoms with Crippen molar-refractivity contribution in [2.45, 2.75) is 19.9 Å². The standard InChI is InChI=1S/C21H23N7O/c1-15(29)27-10-8-20-19(14-27)21(24-26(20)3)28(11-9-22)18-6-4-16(5-7-18)17-12-23-25(2)13-17/h4-7,12-13H,8,10-11,14H2,1-3H3. The van der Waals surface area contributed by atoms with Gasteiger partial charge in [-0.05, 0) is 17.7 Å². The minimum absolute atomic E-state index is 0.0538. The third-order valence-electron chi connectivity index (χ3n) is 5.37. The summed E-state index contributed by atoms with van der Waals surface area (Å²) in [6.45, 7) is 2.98. The quantitative estimate of drug-likeness (QED) is 0.640. The van der Waals surface area contributed by atoms with E-state index >= 15 is 0 Å². The van der Waals surface area contributed by atoms with E-state index in [2.05, 4.69) is 11.2 Å². The van der Waals surface area contributed by atoms with Gasteiger partial charge in [-0.25, -0.2) is 0 Å². The van der Waals surface area contributed by atoms with Crippen LogP contribution in [0, 0.1) is 11.3 Å². The molecule has 0 saturated carbocycles. The fourth-order valence-electron chi connectivity index (χ4n) is 3.82. The highest BCUT2D eigenvalue weighted by atomic mass is 16.2. The topological polar surface area (TPSA) is 83.0 Å². The Labute approximate surface area is 169 Å². The molecule has 0 fully saturated rings. The number of hydrogen-bond donors (Lipinski definition) is 0. The number of amides is 1. The number of hydrogen-bond acceptors (Lipinski definition) is 5. The highest BCUT2D eigenvalue weighted by molar-refractivity contribution is 5.75. The zero-order chi connectivity index (χ0) is 20.5. The number of rotatable bonds is 4. The summed E-state index contributed by atoms with van der Waals surface area (Å²) in [5, 5.41) is 18.4. The molecule has 1 amide bonds. The van der Waals surface area contributed by atoms with Crippen molar-refractivity contribution >= 4 is 17.4 Å². The van der Waals surface area contributed by atoms with Crippen LogP contribution in [0.4, 0.5) is 11.5 Å². The molecule has 0 atom stereocenters. The summed E-state index contributed by atoms with van der Waals surface area (Å²) in [6.07, 6.45) is 4.56. The van der Waals surface area contributed by atoms with E-state index in [1.807, 2.05) is 65.2 Å². The van der Waals surface area contributed by atoms with E-state index in [0.29, 0.717) is 13.1 Å². The zero-order valence-electron chi connectivity index (χ0n) is 16.8. The Morgan fingerprint density at radius 1 is 1.24 bits per heavy atom. The van der Waals surface area contributed by atoms with Gasteiger partial charge >= 0.3 is 0 Å². The van der Waals surface area contributed by atoms with Gasteiger partial charge in [0.25, 0.3) is 0 Å². The first-order valence-corrected chi connectivity index (χ1v) is 9.51. The number of carbonyl (C=O) groups is 1. The SMILES string of the molecule is CC(=O)N1CCc2c(c(N(CC#N)c3ccc(-c4cnn(C)c4)cc3)nn2C)C1. The first-order chi connectivity index (χ1) is 14.0. The fourth-order valence-corrected chi connectivity index (χ4v) is 3.82. The highest BCUT2D eigenvalue weighted by Gasteiger charge is 2.28. The van der Waals surface area contributed by atoms with Crippen molar-refractivity contribution in [2.24, 2.45) is 14.1 Å². The van der Waals surface area contributed by atoms with Crippen molar-refractivity contribution in [1.82, 2.24) is 24.5 Å². The van der Waals surface area contributed by atoms with E-state index in [9.17, 15) is 10.1 Å². The third kappa shape index (κ3) is 3.47. The number of nitriles is 1. The molecule has 3 aromatic rings. The van der Waals surface area contributed by atoms with Gasteiger partial charge in [-0.3, -0.25) is 14.2 Å². The molecular weight excluding hydrogens is 366 g/mol. The lowest BCUT2D eigenvalue weighted by Crippen LogP contribution is -2.35. The molecule has 0 saturated heterocycles. The van der Waals surface area contributed by atoms with E-state index in [4.69, 9.17) is 5.10 Å². The van der Waals surface area contributed by atoms with Crippen molar-refractivity contribution in [3.05, 3.63) is 47.9 Å². The molecule has 1 aromatic carbocycles. The number of aromatic nitrogens is 4. The lowest BCUT2D eigenvalue weighted by atomic mass is 10.1. The average Bonchev–Trinajstić information content (AvgIpc) is 3.29. The van der Waals surface area contributed by atoms with Crippen LogP contribution in [0.3, 0.4) is 0 Å². The summed E-state index contributed by atoms with van der Waals surface area (Å²) in [5.74, 6) is 0.794. The number of fused-ring (bicyclic) bond motifs is 1. The second kappa shape index (κ2) is 7.43. The first kappa shape index (κ1) is 18.7. The van der Waals surface area contributed by atoms with Gasteiger partial charge in [0.1, 0.15) is 6.54 Å². The molecule has 0 N–H and O–H groups in total. The van der Waals surface area contributed by atoms with E-state index in [1.165, 1.54) is 0 Å². The summed E-state index contributed by atoms with van der Waals surface area (Å²) in [7, 11) is 3.81. The summed E-state index contributed by atoms with van der Waals surface area (Å²) in [6, 6.07) is 10.3. The van der Waals surface area contributed by atoms with E-state index < -0.39 is 0 Å². The van der Waals surface area contributed by atoms with Crippen LogP contribution in [0.15, 0.2) is 36.7 Å². The van der Waals surface area contributed by atoms with Gasteiger partial charge in [0.2, 0.25) is 5.91 Å². The summed E-state index contributed by atoms with van der Waals surface area (Å²) < 4.78 is 3.64. The fraction of sp³-hybridized carbons (Fsp3) is 0.333. The van der Waals surface area contributed by atoms with Gasteiger partial charge < -0.3 is 9.80 Å². The summed E-state index contributed by atoms with van der Waals surface area (Å²) >= 11 is 0. The average molecular weight is 389 g/mol. The first-order valence-electron chi connectivity index (χ1n) is 9.51. The number of carbonyl (C=O) groups excluding carboxylic acids is 1. The maximum absolute atomic E-state index is 11.9. The summed E-state index contributed by atoms with van der Waals surface area (Å²) in [4.78, 5) is 15.6. The molecule has 8 nitrogen and oxygen atoms in total. The molecule has 0 aliphatic carbocycles. The van der Waals surface area contributed by atoms with Gasteiger partial charge in [0.05, 0.1) is 18.8 Å². The predicted molar refractivity (Wildman–Crippen MR) is 109 cm³/mol. The summed E-state index contributed by atoms with van der Waals surface area (Å²) in [5.41, 5.74) is 5.12. The Morgan fingerprint density at radius 3 is 2.62 bits per heavy atom. The van der Waals surface area contributed by atoms with Crippen LogP contribution in [0.25, 0.3) is 11.1 Å². The molecule has 4 rings (SSSR count). The molecule has 3 heterocycles. The molecule has 0 spiro atoms. The van der Waals surface area contributed by atoms with E-state index in [-0.39, 0.29) is 12.5 Å². The number of anilines is 2. The lowest BCUT2D eigenvalue weighted by molar-refractivity contribution is -0.129. The van der Waals surface area contributed by atoms with Crippen LogP contribution in [-0.2, 0) is 31.9 Å². The Bertz CT molecular complexity index is 1090. The van der Waals surface area contributed by atoms with Gasteiger partial charge in [-0.1, -0.05) is 12.1 Å². The Balaban J connectivity index is 1.70. The molecule has 1 aliphatic rings. The van der Waals surface area contributed by atoms with Gasteiger partial charge in [-0.15, -0.1) is 0 Å². The molecule has 0 unspecified atom stereocenters. The number of benzene rings is 1. The second-order valence-electron chi connectivity index (χ2n) is 7.26. The molecule has 2 aromatic heterocycles.